The Bertz CT molecular complexity index is 1090. The molecule has 0 unspecified atom stereocenters. The monoisotopic (exact) mass is 418 g/mol. The number of anilines is 1. The number of nitrogens with zero attached hydrogens (tertiary/aromatic N) is 1. The first-order valence-electron chi connectivity index (χ1n) is 10.8. The van der Waals surface area contributed by atoms with Gasteiger partial charge in [0.15, 0.2) is 0 Å². The van der Waals surface area contributed by atoms with Crippen LogP contribution in [0.4, 0.5) is 10.1 Å². The number of ether oxygens (including phenoxy) is 1. The molecule has 0 amide bonds. The van der Waals surface area contributed by atoms with E-state index < -0.39 is 0 Å². The van der Waals surface area contributed by atoms with E-state index in [-0.39, 0.29) is 24.5 Å². The summed E-state index contributed by atoms with van der Waals surface area (Å²) >= 11 is 0. The maximum atomic E-state index is 13.8. The average Bonchev–Trinajstić information content (AvgIpc) is 3.22. The van der Waals surface area contributed by atoms with Crippen molar-refractivity contribution >= 4 is 5.69 Å². The Labute approximate surface area is 182 Å². The fourth-order valence-corrected chi connectivity index (χ4v) is 5.24. The van der Waals surface area contributed by atoms with E-state index >= 15 is 0 Å². The molecule has 4 nitrogen and oxygen atoms in total. The Hall–Kier alpha value is -2.89. The maximum Gasteiger partial charge on any atom is 0.123 e. The molecule has 2 N–H and O–H groups in total. The number of rotatable bonds is 5. The van der Waals surface area contributed by atoms with Crippen molar-refractivity contribution in [1.29, 1.82) is 0 Å². The van der Waals surface area contributed by atoms with Crippen molar-refractivity contribution in [3.8, 4) is 16.9 Å². The van der Waals surface area contributed by atoms with Crippen LogP contribution in [0, 0.1) is 11.7 Å². The van der Waals surface area contributed by atoms with Gasteiger partial charge in [0.25, 0.3) is 0 Å². The molecule has 0 radical (unpaired) electrons. The third-order valence-electron chi connectivity index (χ3n) is 6.70. The Morgan fingerprint density at radius 2 is 1.90 bits per heavy atom. The number of hydrogen-bond acceptors (Lipinski definition) is 4. The lowest BCUT2D eigenvalue weighted by atomic mass is 9.82. The molecule has 3 atom stereocenters. The van der Waals surface area contributed by atoms with Gasteiger partial charge in [-0.25, -0.2) is 4.39 Å². The molecule has 0 aliphatic carbocycles. The van der Waals surface area contributed by atoms with E-state index in [2.05, 4.69) is 28.4 Å². The van der Waals surface area contributed by atoms with Crippen molar-refractivity contribution in [2.75, 3.05) is 25.6 Å². The van der Waals surface area contributed by atoms with Crippen LogP contribution in [0.2, 0.25) is 0 Å². The first-order valence-corrected chi connectivity index (χ1v) is 10.8. The van der Waals surface area contributed by atoms with Crippen LogP contribution in [-0.4, -0.2) is 36.3 Å². The third kappa shape index (κ3) is 3.68. The molecule has 2 aliphatic rings. The van der Waals surface area contributed by atoms with E-state index in [4.69, 9.17) is 4.74 Å². The van der Waals surface area contributed by atoms with Crippen LogP contribution < -0.4 is 10.1 Å². The van der Waals surface area contributed by atoms with Gasteiger partial charge in [0.05, 0.1) is 19.8 Å². The summed E-state index contributed by atoms with van der Waals surface area (Å²) in [5.74, 6) is 0.979. The van der Waals surface area contributed by atoms with Gasteiger partial charge >= 0.3 is 0 Å². The number of methoxy groups -OCH3 is 1. The zero-order chi connectivity index (χ0) is 21.4. The van der Waals surface area contributed by atoms with Crippen LogP contribution in [0.25, 0.3) is 11.1 Å². The Morgan fingerprint density at radius 1 is 1.06 bits per heavy atom. The zero-order valence-electron chi connectivity index (χ0n) is 17.6. The summed E-state index contributed by atoms with van der Waals surface area (Å²) in [7, 11) is 1.71. The molecule has 5 heteroatoms. The summed E-state index contributed by atoms with van der Waals surface area (Å²) in [5, 5.41) is 13.6. The molecular weight excluding hydrogens is 391 g/mol. The van der Waals surface area contributed by atoms with Crippen molar-refractivity contribution in [2.45, 2.75) is 25.0 Å². The van der Waals surface area contributed by atoms with Gasteiger partial charge in [-0.15, -0.1) is 0 Å². The first-order chi connectivity index (χ1) is 15.2. The minimum atomic E-state index is -0.231. The second-order valence-corrected chi connectivity index (χ2v) is 8.43. The van der Waals surface area contributed by atoms with Crippen molar-refractivity contribution in [2.24, 2.45) is 5.92 Å². The van der Waals surface area contributed by atoms with E-state index in [0.29, 0.717) is 5.92 Å². The average molecular weight is 419 g/mol. The Morgan fingerprint density at radius 3 is 2.71 bits per heavy atom. The largest absolute Gasteiger partial charge is 0.496 e. The van der Waals surface area contributed by atoms with E-state index in [9.17, 15) is 9.50 Å². The maximum absolute atomic E-state index is 13.8. The van der Waals surface area contributed by atoms with Gasteiger partial charge in [0.1, 0.15) is 11.6 Å². The summed E-state index contributed by atoms with van der Waals surface area (Å²) < 4.78 is 19.4. The van der Waals surface area contributed by atoms with Crippen LogP contribution in [0.5, 0.6) is 5.75 Å². The number of benzene rings is 3. The first kappa shape index (κ1) is 20.0. The molecule has 1 fully saturated rings. The SMILES string of the molecule is COc1ccccc1CN1CC[C@@H]2[C@H](CO)Nc3ccc(-c4cccc(F)c4)cc3[C@@H]21. The van der Waals surface area contributed by atoms with E-state index in [1.54, 1.807) is 19.2 Å². The minimum absolute atomic E-state index is 0.0280. The van der Waals surface area contributed by atoms with Gasteiger partial charge in [0, 0.05) is 29.8 Å². The Balaban J connectivity index is 1.54. The highest BCUT2D eigenvalue weighted by molar-refractivity contribution is 5.70. The van der Waals surface area contributed by atoms with Crippen molar-refractivity contribution in [3.63, 3.8) is 0 Å². The molecular formula is C26H27FN2O2. The number of halogens is 1. The Kier molecular flexibility index (Phi) is 5.38. The lowest BCUT2D eigenvalue weighted by Gasteiger charge is -2.39. The minimum Gasteiger partial charge on any atom is -0.496 e. The number of aliphatic hydroxyl groups excluding tert-OH is 1. The molecule has 3 aromatic rings. The smallest absolute Gasteiger partial charge is 0.123 e. The van der Waals surface area contributed by atoms with Crippen LogP contribution in [-0.2, 0) is 6.54 Å². The van der Waals surface area contributed by atoms with Gasteiger partial charge in [-0.2, -0.15) is 0 Å². The van der Waals surface area contributed by atoms with Gasteiger partial charge < -0.3 is 15.2 Å². The highest BCUT2D eigenvalue weighted by Gasteiger charge is 2.44. The molecule has 0 bridgehead atoms. The third-order valence-corrected chi connectivity index (χ3v) is 6.70. The molecule has 3 aromatic carbocycles. The molecule has 0 saturated carbocycles. The molecule has 5 rings (SSSR count). The zero-order valence-corrected chi connectivity index (χ0v) is 17.6. The van der Waals surface area contributed by atoms with E-state index in [0.717, 1.165) is 47.6 Å². The van der Waals surface area contributed by atoms with Gasteiger partial charge in [-0.1, -0.05) is 36.4 Å². The molecule has 2 aliphatic heterocycles. The number of likely N-dealkylation sites (tertiary alicyclic amines) is 1. The van der Waals surface area contributed by atoms with Crippen LogP contribution >= 0.6 is 0 Å². The van der Waals surface area contributed by atoms with E-state index in [1.165, 1.54) is 11.6 Å². The summed E-state index contributed by atoms with van der Waals surface area (Å²) in [6, 6.07) is 21.4. The number of nitrogens with one attached hydrogen (secondary N) is 1. The standard InChI is InChI=1S/C26H27FN2O2/c1-31-25-8-3-2-5-19(25)15-29-12-11-21-24(16-30)28-23-10-9-18(14-22(23)26(21)29)17-6-4-7-20(27)13-17/h2-10,13-14,21,24,26,28,30H,11-12,15-16H2,1H3/t21-,24+,26-/m1/s1. The van der Waals surface area contributed by atoms with Crippen molar-refractivity contribution in [1.82, 2.24) is 4.90 Å². The van der Waals surface area contributed by atoms with Crippen molar-refractivity contribution < 1.29 is 14.2 Å². The molecule has 31 heavy (non-hydrogen) atoms. The van der Waals surface area contributed by atoms with E-state index in [1.807, 2.05) is 30.3 Å². The summed E-state index contributed by atoms with van der Waals surface area (Å²) in [5.41, 5.74) is 5.30. The predicted octanol–water partition coefficient (Wildman–Crippen LogP) is 4.85. The summed E-state index contributed by atoms with van der Waals surface area (Å²) in [6.07, 6.45) is 1.02. The fourth-order valence-electron chi connectivity index (χ4n) is 5.24. The second kappa shape index (κ2) is 8.33. The predicted molar refractivity (Wildman–Crippen MR) is 121 cm³/mol. The van der Waals surface area contributed by atoms with Gasteiger partial charge in [0.2, 0.25) is 0 Å². The number of para-hydroxylation sites is 1. The van der Waals surface area contributed by atoms with Crippen molar-refractivity contribution in [3.05, 3.63) is 83.7 Å². The number of fused-ring (bicyclic) bond motifs is 3. The molecule has 0 aromatic heterocycles. The van der Waals surface area contributed by atoms with Gasteiger partial charge in [-0.3, -0.25) is 4.90 Å². The lowest BCUT2D eigenvalue weighted by Crippen LogP contribution is -2.41. The highest BCUT2D eigenvalue weighted by Crippen LogP contribution is 2.48. The van der Waals surface area contributed by atoms with Crippen LogP contribution in [0.1, 0.15) is 23.6 Å². The van der Waals surface area contributed by atoms with Crippen LogP contribution in [0.15, 0.2) is 66.7 Å². The molecule has 1 saturated heterocycles. The molecule has 0 spiro atoms. The summed E-state index contributed by atoms with van der Waals surface area (Å²) in [4.78, 5) is 2.49. The molecule has 160 valence electrons. The second-order valence-electron chi connectivity index (χ2n) is 8.43. The fraction of sp³-hybridized carbons (Fsp3) is 0.308. The topological polar surface area (TPSA) is 44.7 Å². The number of aliphatic hydroxyl groups is 1. The highest BCUT2D eigenvalue weighted by atomic mass is 19.1. The lowest BCUT2D eigenvalue weighted by molar-refractivity contribution is 0.171. The molecule has 2 heterocycles. The summed E-state index contributed by atoms with van der Waals surface area (Å²) in [6.45, 7) is 1.84. The number of hydrogen-bond donors (Lipinski definition) is 2. The van der Waals surface area contributed by atoms with Gasteiger partial charge in [-0.05, 0) is 60.0 Å². The quantitative estimate of drug-likeness (QED) is 0.622. The van der Waals surface area contributed by atoms with Crippen LogP contribution in [0.3, 0.4) is 0 Å². The normalized spacial score (nSPS) is 22.5.